The summed E-state index contributed by atoms with van der Waals surface area (Å²) in [5.74, 6) is 0.0650. The van der Waals surface area contributed by atoms with Gasteiger partial charge in [-0.1, -0.05) is 34.8 Å². The highest BCUT2D eigenvalue weighted by Gasteiger charge is 2.24. The van der Waals surface area contributed by atoms with Crippen LogP contribution in [0.4, 0.5) is 5.69 Å². The molecule has 0 aliphatic carbocycles. The van der Waals surface area contributed by atoms with Gasteiger partial charge in [-0.3, -0.25) is 4.79 Å². The molecular weight excluding hydrogens is 256 g/mol. The fourth-order valence-electron chi connectivity index (χ4n) is 1.64. The second-order valence-electron chi connectivity index (χ2n) is 3.37. The number of nitrogens with zero attached hydrogens (tertiary/aromatic N) is 1. The number of carbonyl (C=O) groups excluding carboxylic acids is 1. The molecule has 2 nitrogen and oxygen atoms in total. The highest BCUT2D eigenvalue weighted by Crippen LogP contribution is 2.37. The molecule has 1 heterocycles. The number of rotatable bonds is 1. The lowest BCUT2D eigenvalue weighted by molar-refractivity contribution is -0.117. The van der Waals surface area contributed by atoms with Gasteiger partial charge in [-0.15, -0.1) is 0 Å². The van der Waals surface area contributed by atoms with E-state index in [9.17, 15) is 4.79 Å². The van der Waals surface area contributed by atoms with Gasteiger partial charge < -0.3 is 4.90 Å². The normalized spacial score (nSPS) is 16.2. The van der Waals surface area contributed by atoms with Crippen molar-refractivity contribution in [2.75, 3.05) is 11.4 Å². The summed E-state index contributed by atoms with van der Waals surface area (Å²) in [5, 5.41) is 1.24. The van der Waals surface area contributed by atoms with E-state index >= 15 is 0 Å². The number of hydrogen-bond acceptors (Lipinski definition) is 1. The average Bonchev–Trinajstić information content (AvgIpc) is 2.58. The second kappa shape index (κ2) is 4.20. The quantitative estimate of drug-likeness (QED) is 0.707. The van der Waals surface area contributed by atoms with E-state index in [1.807, 2.05) is 0 Å². The number of anilines is 1. The minimum Gasteiger partial charge on any atom is -0.311 e. The zero-order chi connectivity index (χ0) is 11.0. The number of carbonyl (C=O) groups is 1. The second-order valence-corrected chi connectivity index (χ2v) is 4.59. The van der Waals surface area contributed by atoms with E-state index in [4.69, 9.17) is 34.8 Å². The van der Waals surface area contributed by atoms with Crippen LogP contribution in [-0.4, -0.2) is 12.5 Å². The van der Waals surface area contributed by atoms with Crippen molar-refractivity contribution in [3.63, 3.8) is 0 Å². The van der Waals surface area contributed by atoms with Crippen LogP contribution < -0.4 is 4.90 Å². The van der Waals surface area contributed by atoms with Gasteiger partial charge >= 0.3 is 0 Å². The number of benzene rings is 1. The predicted octanol–water partition coefficient (Wildman–Crippen LogP) is 3.77. The molecule has 0 radical (unpaired) electrons. The van der Waals surface area contributed by atoms with Crippen molar-refractivity contribution in [1.82, 2.24) is 0 Å². The molecule has 0 spiro atoms. The molecule has 1 aromatic rings. The van der Waals surface area contributed by atoms with Crippen molar-refractivity contribution in [3.8, 4) is 0 Å². The van der Waals surface area contributed by atoms with Gasteiger partial charge in [0.25, 0.3) is 0 Å². The van der Waals surface area contributed by atoms with Crippen LogP contribution in [0, 0.1) is 0 Å². The lowest BCUT2D eigenvalue weighted by Gasteiger charge is -2.18. The van der Waals surface area contributed by atoms with Crippen LogP contribution in [0.25, 0.3) is 0 Å². The zero-order valence-corrected chi connectivity index (χ0v) is 10.0. The van der Waals surface area contributed by atoms with Crippen LogP contribution in [0.15, 0.2) is 12.1 Å². The summed E-state index contributed by atoms with van der Waals surface area (Å²) in [7, 11) is 0. The first-order valence-electron chi connectivity index (χ1n) is 4.54. The van der Waals surface area contributed by atoms with E-state index in [2.05, 4.69) is 0 Å². The number of halogens is 3. The average molecular weight is 265 g/mol. The first-order chi connectivity index (χ1) is 7.09. The van der Waals surface area contributed by atoms with Crippen molar-refractivity contribution in [2.45, 2.75) is 12.8 Å². The Balaban J connectivity index is 2.47. The molecule has 1 aliphatic heterocycles. The van der Waals surface area contributed by atoms with E-state index < -0.39 is 0 Å². The van der Waals surface area contributed by atoms with Gasteiger partial charge in [-0.25, -0.2) is 0 Å². The molecule has 0 unspecified atom stereocenters. The van der Waals surface area contributed by atoms with Crippen LogP contribution in [0.1, 0.15) is 12.8 Å². The maximum atomic E-state index is 11.5. The molecule has 15 heavy (non-hydrogen) atoms. The molecular formula is C10H8Cl3NO. The summed E-state index contributed by atoms with van der Waals surface area (Å²) >= 11 is 17.8. The van der Waals surface area contributed by atoms with E-state index in [0.29, 0.717) is 33.7 Å². The molecule has 0 bridgehead atoms. The Morgan fingerprint density at radius 1 is 1.20 bits per heavy atom. The molecule has 0 atom stereocenters. The third-order valence-electron chi connectivity index (χ3n) is 2.34. The molecule has 80 valence electrons. The van der Waals surface area contributed by atoms with Gasteiger partial charge in [-0.2, -0.15) is 0 Å². The van der Waals surface area contributed by atoms with Crippen molar-refractivity contribution in [3.05, 3.63) is 27.2 Å². The topological polar surface area (TPSA) is 20.3 Å². The first-order valence-corrected chi connectivity index (χ1v) is 5.68. The molecule has 0 aromatic heterocycles. The smallest absolute Gasteiger partial charge is 0.227 e. The molecule has 0 saturated carbocycles. The minimum absolute atomic E-state index is 0.0650. The van der Waals surface area contributed by atoms with Crippen LogP contribution in [0.2, 0.25) is 15.1 Å². The van der Waals surface area contributed by atoms with Crippen LogP contribution in [0.5, 0.6) is 0 Å². The fraction of sp³-hybridized carbons (Fsp3) is 0.300. The molecule has 0 N–H and O–H groups in total. The molecule has 1 aromatic carbocycles. The Bertz CT molecular complexity index is 419. The Kier molecular flexibility index (Phi) is 3.10. The van der Waals surface area contributed by atoms with Gasteiger partial charge in [0.2, 0.25) is 5.91 Å². The lowest BCUT2D eigenvalue weighted by atomic mass is 10.3. The van der Waals surface area contributed by atoms with Gasteiger partial charge in [0.15, 0.2) is 0 Å². The molecule has 1 saturated heterocycles. The molecule has 1 aliphatic rings. The summed E-state index contributed by atoms with van der Waals surface area (Å²) in [6.45, 7) is 0.676. The standard InChI is InChI=1S/C10H8Cl3NO/c11-6-4-7(12)10(13)8(5-6)14-3-1-2-9(14)15/h4-5H,1-3H2. The third-order valence-corrected chi connectivity index (χ3v) is 3.35. The van der Waals surface area contributed by atoms with Crippen LogP contribution >= 0.6 is 34.8 Å². The van der Waals surface area contributed by atoms with Crippen LogP contribution in [-0.2, 0) is 4.79 Å². The molecule has 2 rings (SSSR count). The summed E-state index contributed by atoms with van der Waals surface area (Å²) in [6.07, 6.45) is 1.40. The summed E-state index contributed by atoms with van der Waals surface area (Å²) in [6, 6.07) is 3.23. The Morgan fingerprint density at radius 2 is 1.93 bits per heavy atom. The summed E-state index contributed by atoms with van der Waals surface area (Å²) < 4.78 is 0. The van der Waals surface area contributed by atoms with E-state index in [-0.39, 0.29) is 5.91 Å². The van der Waals surface area contributed by atoms with Gasteiger partial charge in [0.1, 0.15) is 0 Å². The monoisotopic (exact) mass is 263 g/mol. The molecule has 1 amide bonds. The maximum Gasteiger partial charge on any atom is 0.227 e. The summed E-state index contributed by atoms with van der Waals surface area (Å²) in [4.78, 5) is 13.2. The van der Waals surface area contributed by atoms with Crippen molar-refractivity contribution >= 4 is 46.4 Å². The molecule has 5 heteroatoms. The Hall–Kier alpha value is -0.440. The number of amides is 1. The zero-order valence-electron chi connectivity index (χ0n) is 7.77. The summed E-state index contributed by atoms with van der Waals surface area (Å²) in [5.41, 5.74) is 0.608. The highest BCUT2D eigenvalue weighted by molar-refractivity contribution is 6.45. The van der Waals surface area contributed by atoms with Gasteiger partial charge in [0.05, 0.1) is 15.7 Å². The van der Waals surface area contributed by atoms with Crippen molar-refractivity contribution < 1.29 is 4.79 Å². The Labute approximate surface area is 103 Å². The molecule has 1 fully saturated rings. The fourth-order valence-corrected chi connectivity index (χ4v) is 2.34. The third kappa shape index (κ3) is 2.07. The minimum atomic E-state index is 0.0650. The lowest BCUT2D eigenvalue weighted by Crippen LogP contribution is -2.24. The van der Waals surface area contributed by atoms with Crippen LogP contribution in [0.3, 0.4) is 0 Å². The van der Waals surface area contributed by atoms with E-state index in [0.717, 1.165) is 6.42 Å². The van der Waals surface area contributed by atoms with Gasteiger partial charge in [0, 0.05) is 18.0 Å². The van der Waals surface area contributed by atoms with Gasteiger partial charge in [-0.05, 0) is 18.6 Å². The van der Waals surface area contributed by atoms with E-state index in [1.54, 1.807) is 17.0 Å². The van der Waals surface area contributed by atoms with Crippen molar-refractivity contribution in [1.29, 1.82) is 0 Å². The highest BCUT2D eigenvalue weighted by atomic mass is 35.5. The SMILES string of the molecule is O=C1CCCN1c1cc(Cl)cc(Cl)c1Cl. The predicted molar refractivity (Wildman–Crippen MR) is 63.1 cm³/mol. The number of hydrogen-bond donors (Lipinski definition) is 0. The Morgan fingerprint density at radius 3 is 2.53 bits per heavy atom. The maximum absolute atomic E-state index is 11.5. The van der Waals surface area contributed by atoms with E-state index in [1.165, 1.54) is 0 Å². The van der Waals surface area contributed by atoms with Crippen molar-refractivity contribution in [2.24, 2.45) is 0 Å². The largest absolute Gasteiger partial charge is 0.311 e. The first kappa shape index (κ1) is 11.1.